The summed E-state index contributed by atoms with van der Waals surface area (Å²) in [6.45, 7) is 5.09. The molecule has 0 aromatic carbocycles. The Kier molecular flexibility index (Phi) is 4.65. The Morgan fingerprint density at radius 2 is 2.26 bits per heavy atom. The number of aryl methyl sites for hydroxylation is 2. The van der Waals surface area contributed by atoms with E-state index in [1.807, 2.05) is 23.0 Å². The third-order valence-corrected chi connectivity index (χ3v) is 3.28. The number of pyridine rings is 1. The summed E-state index contributed by atoms with van der Waals surface area (Å²) in [4.78, 5) is 4.14. The quantitative estimate of drug-likeness (QED) is 0.611. The predicted molar refractivity (Wildman–Crippen MR) is 75.3 cm³/mol. The van der Waals surface area contributed by atoms with Crippen LogP contribution in [0, 0.1) is 0 Å². The van der Waals surface area contributed by atoms with Crippen LogP contribution in [0.5, 0.6) is 0 Å². The molecule has 2 aromatic rings. The Hall–Kier alpha value is -1.72. The van der Waals surface area contributed by atoms with Crippen molar-refractivity contribution in [2.24, 2.45) is 5.84 Å². The molecular formula is C14H21N5. The normalized spacial score (nSPS) is 12.6. The van der Waals surface area contributed by atoms with Crippen LogP contribution in [-0.4, -0.2) is 14.8 Å². The first-order chi connectivity index (χ1) is 9.28. The zero-order valence-electron chi connectivity index (χ0n) is 11.5. The fourth-order valence-corrected chi connectivity index (χ4v) is 2.19. The Labute approximate surface area is 113 Å². The number of hydrazine groups is 1. The lowest BCUT2D eigenvalue weighted by atomic mass is 10.0. The number of aromatic nitrogens is 3. The molecule has 3 N–H and O–H groups in total. The van der Waals surface area contributed by atoms with Crippen molar-refractivity contribution in [3.8, 4) is 0 Å². The highest BCUT2D eigenvalue weighted by Crippen LogP contribution is 2.18. The SMILES string of the molecule is CCc1cc(CC(NN)c2cccnc2)n(CC)n1. The number of nitrogens with zero attached hydrogens (tertiary/aromatic N) is 3. The van der Waals surface area contributed by atoms with Crippen molar-refractivity contribution in [3.63, 3.8) is 0 Å². The lowest BCUT2D eigenvalue weighted by Gasteiger charge is -2.16. The Bertz CT molecular complexity index is 506. The Balaban J connectivity index is 2.21. The van der Waals surface area contributed by atoms with Gasteiger partial charge in [-0.05, 0) is 31.0 Å². The predicted octanol–water partition coefficient (Wildman–Crippen LogP) is 1.61. The molecule has 2 heterocycles. The molecule has 0 fully saturated rings. The van der Waals surface area contributed by atoms with E-state index in [9.17, 15) is 0 Å². The summed E-state index contributed by atoms with van der Waals surface area (Å²) >= 11 is 0. The van der Waals surface area contributed by atoms with Gasteiger partial charge in [0.15, 0.2) is 0 Å². The first-order valence-electron chi connectivity index (χ1n) is 6.70. The van der Waals surface area contributed by atoms with E-state index in [-0.39, 0.29) is 6.04 Å². The molecule has 19 heavy (non-hydrogen) atoms. The maximum Gasteiger partial charge on any atom is 0.0624 e. The second-order valence-corrected chi connectivity index (χ2v) is 4.51. The summed E-state index contributed by atoms with van der Waals surface area (Å²) in [5.74, 6) is 5.68. The smallest absolute Gasteiger partial charge is 0.0624 e. The molecule has 0 bridgehead atoms. The molecule has 0 saturated heterocycles. The van der Waals surface area contributed by atoms with Gasteiger partial charge in [0, 0.05) is 31.1 Å². The van der Waals surface area contributed by atoms with Crippen molar-refractivity contribution in [3.05, 3.63) is 47.5 Å². The van der Waals surface area contributed by atoms with Crippen LogP contribution < -0.4 is 11.3 Å². The third-order valence-electron chi connectivity index (χ3n) is 3.28. The van der Waals surface area contributed by atoms with E-state index >= 15 is 0 Å². The van der Waals surface area contributed by atoms with Crippen LogP contribution in [0.2, 0.25) is 0 Å². The minimum atomic E-state index is 0.0559. The largest absolute Gasteiger partial charge is 0.271 e. The fraction of sp³-hybridized carbons (Fsp3) is 0.429. The molecule has 0 amide bonds. The van der Waals surface area contributed by atoms with Gasteiger partial charge >= 0.3 is 0 Å². The third kappa shape index (κ3) is 3.19. The van der Waals surface area contributed by atoms with Crippen molar-refractivity contribution in [1.82, 2.24) is 20.2 Å². The first kappa shape index (κ1) is 13.7. The van der Waals surface area contributed by atoms with Gasteiger partial charge in [0.25, 0.3) is 0 Å². The van der Waals surface area contributed by atoms with Gasteiger partial charge in [0.1, 0.15) is 0 Å². The topological polar surface area (TPSA) is 68.8 Å². The molecule has 0 aliphatic carbocycles. The minimum Gasteiger partial charge on any atom is -0.271 e. The summed E-state index contributed by atoms with van der Waals surface area (Å²) in [5, 5.41) is 4.56. The second-order valence-electron chi connectivity index (χ2n) is 4.51. The van der Waals surface area contributed by atoms with Crippen molar-refractivity contribution in [1.29, 1.82) is 0 Å². The van der Waals surface area contributed by atoms with E-state index in [2.05, 4.69) is 35.4 Å². The second kappa shape index (κ2) is 6.45. The van der Waals surface area contributed by atoms with Crippen LogP contribution in [-0.2, 0) is 19.4 Å². The molecule has 2 aromatic heterocycles. The van der Waals surface area contributed by atoms with E-state index in [4.69, 9.17) is 5.84 Å². The summed E-state index contributed by atoms with van der Waals surface area (Å²) in [5.41, 5.74) is 6.28. The summed E-state index contributed by atoms with van der Waals surface area (Å²) in [7, 11) is 0. The zero-order valence-corrected chi connectivity index (χ0v) is 11.5. The van der Waals surface area contributed by atoms with E-state index < -0.39 is 0 Å². The molecule has 5 nitrogen and oxygen atoms in total. The van der Waals surface area contributed by atoms with Gasteiger partial charge in [-0.3, -0.25) is 20.9 Å². The molecule has 102 valence electrons. The molecule has 0 radical (unpaired) electrons. The zero-order chi connectivity index (χ0) is 13.7. The standard InChI is InChI=1S/C14H21N5/c1-3-12-8-13(19(4-2)18-12)9-14(17-15)11-6-5-7-16-10-11/h5-8,10,14,17H,3-4,9,15H2,1-2H3. The highest BCUT2D eigenvalue weighted by Gasteiger charge is 2.14. The number of hydrogen-bond acceptors (Lipinski definition) is 4. The molecule has 0 saturated carbocycles. The monoisotopic (exact) mass is 259 g/mol. The Morgan fingerprint density at radius 1 is 1.42 bits per heavy atom. The van der Waals surface area contributed by atoms with Crippen molar-refractivity contribution >= 4 is 0 Å². The van der Waals surface area contributed by atoms with E-state index in [0.717, 1.165) is 30.6 Å². The highest BCUT2D eigenvalue weighted by molar-refractivity contribution is 5.19. The molecular weight excluding hydrogens is 238 g/mol. The molecule has 1 unspecified atom stereocenters. The fourth-order valence-electron chi connectivity index (χ4n) is 2.19. The van der Waals surface area contributed by atoms with Gasteiger partial charge in [-0.2, -0.15) is 5.10 Å². The maximum atomic E-state index is 5.68. The summed E-state index contributed by atoms with van der Waals surface area (Å²) < 4.78 is 2.04. The van der Waals surface area contributed by atoms with Crippen molar-refractivity contribution < 1.29 is 0 Å². The van der Waals surface area contributed by atoms with Crippen LogP contribution in [0.3, 0.4) is 0 Å². The van der Waals surface area contributed by atoms with Gasteiger partial charge in [-0.1, -0.05) is 13.0 Å². The number of nitrogens with two attached hydrogens (primary N) is 1. The molecule has 1 atom stereocenters. The average Bonchev–Trinajstić information content (AvgIpc) is 2.87. The van der Waals surface area contributed by atoms with E-state index in [0.29, 0.717) is 0 Å². The van der Waals surface area contributed by atoms with E-state index in [1.54, 1.807) is 6.20 Å². The maximum absolute atomic E-state index is 5.68. The van der Waals surface area contributed by atoms with Crippen LogP contribution in [0.15, 0.2) is 30.6 Å². The summed E-state index contributed by atoms with van der Waals surface area (Å²) in [6, 6.07) is 6.17. The highest BCUT2D eigenvalue weighted by atomic mass is 15.3. The number of rotatable bonds is 6. The van der Waals surface area contributed by atoms with Crippen LogP contribution in [0.4, 0.5) is 0 Å². The summed E-state index contributed by atoms with van der Waals surface area (Å²) in [6.07, 6.45) is 5.37. The van der Waals surface area contributed by atoms with Crippen LogP contribution in [0.1, 0.15) is 36.8 Å². The molecule has 0 aliphatic heterocycles. The molecule has 5 heteroatoms. The molecule has 2 rings (SSSR count). The van der Waals surface area contributed by atoms with Gasteiger partial charge in [0.2, 0.25) is 0 Å². The van der Waals surface area contributed by atoms with Gasteiger partial charge in [-0.15, -0.1) is 0 Å². The number of hydrogen-bond donors (Lipinski definition) is 2. The van der Waals surface area contributed by atoms with Gasteiger partial charge in [0.05, 0.1) is 11.7 Å². The van der Waals surface area contributed by atoms with Gasteiger partial charge in [-0.25, -0.2) is 0 Å². The first-order valence-corrected chi connectivity index (χ1v) is 6.70. The average molecular weight is 259 g/mol. The Morgan fingerprint density at radius 3 is 2.84 bits per heavy atom. The van der Waals surface area contributed by atoms with Crippen molar-refractivity contribution in [2.45, 2.75) is 39.3 Å². The number of nitrogens with one attached hydrogen (secondary N) is 1. The van der Waals surface area contributed by atoms with Crippen molar-refractivity contribution in [2.75, 3.05) is 0 Å². The van der Waals surface area contributed by atoms with E-state index in [1.165, 1.54) is 5.69 Å². The van der Waals surface area contributed by atoms with Crippen LogP contribution in [0.25, 0.3) is 0 Å². The minimum absolute atomic E-state index is 0.0559. The van der Waals surface area contributed by atoms with Crippen LogP contribution >= 0.6 is 0 Å². The van der Waals surface area contributed by atoms with Gasteiger partial charge < -0.3 is 0 Å². The molecule has 0 aliphatic rings. The lowest BCUT2D eigenvalue weighted by Crippen LogP contribution is -2.30. The lowest BCUT2D eigenvalue weighted by molar-refractivity contribution is 0.515. The molecule has 0 spiro atoms.